The van der Waals surface area contributed by atoms with E-state index < -0.39 is 0 Å². The van der Waals surface area contributed by atoms with Crippen molar-refractivity contribution in [3.05, 3.63) is 48.0 Å². The van der Waals surface area contributed by atoms with E-state index in [0.717, 1.165) is 32.6 Å². The highest BCUT2D eigenvalue weighted by Gasteiger charge is 2.07. The normalized spacial score (nSPS) is 10.9. The van der Waals surface area contributed by atoms with E-state index in [2.05, 4.69) is 48.0 Å². The SMILES string of the molecule is C=CCN(CCO)Cc1ccccc1CCNCCC. The number of rotatable bonds is 11. The number of aliphatic hydroxyl groups is 1. The monoisotopic (exact) mass is 276 g/mol. The summed E-state index contributed by atoms with van der Waals surface area (Å²) in [7, 11) is 0. The summed E-state index contributed by atoms with van der Waals surface area (Å²) in [5, 5.41) is 12.6. The third-order valence-electron chi connectivity index (χ3n) is 3.31. The highest BCUT2D eigenvalue weighted by atomic mass is 16.3. The summed E-state index contributed by atoms with van der Waals surface area (Å²) in [5.74, 6) is 0. The van der Waals surface area contributed by atoms with Crippen molar-refractivity contribution >= 4 is 0 Å². The number of nitrogens with zero attached hydrogens (tertiary/aromatic N) is 1. The van der Waals surface area contributed by atoms with Crippen LogP contribution >= 0.6 is 0 Å². The molecule has 1 aromatic carbocycles. The van der Waals surface area contributed by atoms with E-state index in [1.54, 1.807) is 0 Å². The van der Waals surface area contributed by atoms with Gasteiger partial charge in [0.05, 0.1) is 6.61 Å². The Labute approximate surface area is 123 Å². The van der Waals surface area contributed by atoms with E-state index in [1.807, 2.05) is 6.08 Å². The highest BCUT2D eigenvalue weighted by molar-refractivity contribution is 5.27. The lowest BCUT2D eigenvalue weighted by Gasteiger charge is -2.21. The Balaban J connectivity index is 2.60. The zero-order valence-corrected chi connectivity index (χ0v) is 12.6. The molecule has 3 heteroatoms. The van der Waals surface area contributed by atoms with Crippen LogP contribution in [0.4, 0.5) is 0 Å². The standard InChI is InChI=1S/C17H28N2O/c1-3-10-18-11-9-16-7-5-6-8-17(16)15-19(12-4-2)13-14-20/h4-8,18,20H,2-3,9-15H2,1H3. The molecule has 3 nitrogen and oxygen atoms in total. The van der Waals surface area contributed by atoms with Crippen molar-refractivity contribution in [1.82, 2.24) is 10.2 Å². The van der Waals surface area contributed by atoms with Gasteiger partial charge in [-0.05, 0) is 37.1 Å². The number of nitrogens with one attached hydrogen (secondary N) is 1. The van der Waals surface area contributed by atoms with Gasteiger partial charge in [0.2, 0.25) is 0 Å². The fraction of sp³-hybridized carbons (Fsp3) is 0.529. The first kappa shape index (κ1) is 16.9. The predicted octanol–water partition coefficient (Wildman–Crippen LogP) is 2.21. The molecule has 0 radical (unpaired) electrons. The predicted molar refractivity (Wildman–Crippen MR) is 85.9 cm³/mol. The largest absolute Gasteiger partial charge is 0.395 e. The van der Waals surface area contributed by atoms with Crippen LogP contribution in [0.15, 0.2) is 36.9 Å². The summed E-state index contributed by atoms with van der Waals surface area (Å²) in [5.41, 5.74) is 2.74. The molecule has 0 amide bonds. The second-order valence-electron chi connectivity index (χ2n) is 5.02. The van der Waals surface area contributed by atoms with Crippen LogP contribution in [0.3, 0.4) is 0 Å². The number of benzene rings is 1. The number of hydrogen-bond acceptors (Lipinski definition) is 3. The molecule has 1 rings (SSSR count). The molecule has 20 heavy (non-hydrogen) atoms. The van der Waals surface area contributed by atoms with Crippen LogP contribution in [-0.2, 0) is 13.0 Å². The van der Waals surface area contributed by atoms with Crippen molar-refractivity contribution in [1.29, 1.82) is 0 Å². The topological polar surface area (TPSA) is 35.5 Å². The molecule has 0 aliphatic heterocycles. The Morgan fingerprint density at radius 3 is 2.65 bits per heavy atom. The van der Waals surface area contributed by atoms with Crippen LogP contribution in [0.5, 0.6) is 0 Å². The molecule has 0 atom stereocenters. The molecule has 0 saturated heterocycles. The highest BCUT2D eigenvalue weighted by Crippen LogP contribution is 2.12. The zero-order chi connectivity index (χ0) is 14.6. The van der Waals surface area contributed by atoms with Gasteiger partial charge in [-0.3, -0.25) is 4.90 Å². The average Bonchev–Trinajstić information content (AvgIpc) is 2.46. The lowest BCUT2D eigenvalue weighted by atomic mass is 10.0. The van der Waals surface area contributed by atoms with Crippen LogP contribution < -0.4 is 5.32 Å². The maximum atomic E-state index is 9.13. The minimum absolute atomic E-state index is 0.189. The Morgan fingerprint density at radius 2 is 2.00 bits per heavy atom. The summed E-state index contributed by atoms with van der Waals surface area (Å²) < 4.78 is 0. The minimum atomic E-state index is 0.189. The van der Waals surface area contributed by atoms with Crippen molar-refractivity contribution < 1.29 is 5.11 Å². The summed E-state index contributed by atoms with van der Waals surface area (Å²) in [6.07, 6.45) is 4.11. The molecule has 1 aromatic rings. The maximum absolute atomic E-state index is 9.13. The van der Waals surface area contributed by atoms with Crippen LogP contribution in [0.25, 0.3) is 0 Å². The molecule has 0 saturated carbocycles. The van der Waals surface area contributed by atoms with E-state index in [4.69, 9.17) is 5.11 Å². The summed E-state index contributed by atoms with van der Waals surface area (Å²) in [6, 6.07) is 8.57. The summed E-state index contributed by atoms with van der Waals surface area (Å²) >= 11 is 0. The van der Waals surface area contributed by atoms with Gasteiger partial charge in [-0.25, -0.2) is 0 Å². The van der Waals surface area contributed by atoms with E-state index in [9.17, 15) is 0 Å². The third kappa shape index (κ3) is 6.33. The van der Waals surface area contributed by atoms with Crippen molar-refractivity contribution in [2.45, 2.75) is 26.3 Å². The van der Waals surface area contributed by atoms with Gasteiger partial charge < -0.3 is 10.4 Å². The van der Waals surface area contributed by atoms with E-state index in [0.29, 0.717) is 6.54 Å². The lowest BCUT2D eigenvalue weighted by molar-refractivity contribution is 0.203. The van der Waals surface area contributed by atoms with Crippen molar-refractivity contribution in [3.63, 3.8) is 0 Å². The average molecular weight is 276 g/mol. The third-order valence-corrected chi connectivity index (χ3v) is 3.31. The maximum Gasteiger partial charge on any atom is 0.0558 e. The zero-order valence-electron chi connectivity index (χ0n) is 12.6. The number of aliphatic hydroxyl groups excluding tert-OH is 1. The fourth-order valence-corrected chi connectivity index (χ4v) is 2.28. The second kappa shape index (κ2) is 10.6. The number of hydrogen-bond donors (Lipinski definition) is 2. The molecular formula is C17H28N2O. The van der Waals surface area contributed by atoms with Gasteiger partial charge in [-0.15, -0.1) is 6.58 Å². The fourth-order valence-electron chi connectivity index (χ4n) is 2.28. The van der Waals surface area contributed by atoms with Gasteiger partial charge >= 0.3 is 0 Å². The molecule has 112 valence electrons. The molecule has 0 heterocycles. The Morgan fingerprint density at radius 1 is 1.25 bits per heavy atom. The molecule has 0 aliphatic rings. The van der Waals surface area contributed by atoms with Crippen molar-refractivity contribution in [3.8, 4) is 0 Å². The van der Waals surface area contributed by atoms with Crippen LogP contribution in [0.1, 0.15) is 24.5 Å². The van der Waals surface area contributed by atoms with Gasteiger partial charge in [0, 0.05) is 19.6 Å². The Kier molecular flexibility index (Phi) is 8.96. The summed E-state index contributed by atoms with van der Waals surface area (Å²) in [6.45, 7) is 10.6. The lowest BCUT2D eigenvalue weighted by Crippen LogP contribution is -2.27. The van der Waals surface area contributed by atoms with E-state index >= 15 is 0 Å². The van der Waals surface area contributed by atoms with E-state index in [-0.39, 0.29) is 6.61 Å². The molecule has 0 fully saturated rings. The first-order chi connectivity index (χ1) is 9.81. The minimum Gasteiger partial charge on any atom is -0.395 e. The van der Waals surface area contributed by atoms with E-state index in [1.165, 1.54) is 17.5 Å². The molecule has 0 spiro atoms. The quantitative estimate of drug-likeness (QED) is 0.480. The van der Waals surface area contributed by atoms with Crippen molar-refractivity contribution in [2.75, 3.05) is 32.8 Å². The van der Waals surface area contributed by atoms with Crippen LogP contribution in [-0.4, -0.2) is 42.8 Å². The van der Waals surface area contributed by atoms with Gasteiger partial charge in [0.25, 0.3) is 0 Å². The molecule has 0 aromatic heterocycles. The van der Waals surface area contributed by atoms with Crippen molar-refractivity contribution in [2.24, 2.45) is 0 Å². The van der Waals surface area contributed by atoms with Gasteiger partial charge in [-0.1, -0.05) is 37.3 Å². The smallest absolute Gasteiger partial charge is 0.0558 e. The van der Waals surface area contributed by atoms with Gasteiger partial charge in [0.1, 0.15) is 0 Å². The van der Waals surface area contributed by atoms with Crippen LogP contribution in [0, 0.1) is 0 Å². The first-order valence-electron chi connectivity index (χ1n) is 7.53. The Hall–Kier alpha value is -1.16. The first-order valence-corrected chi connectivity index (χ1v) is 7.53. The van der Waals surface area contributed by atoms with Gasteiger partial charge in [-0.2, -0.15) is 0 Å². The molecule has 2 N–H and O–H groups in total. The van der Waals surface area contributed by atoms with Gasteiger partial charge in [0.15, 0.2) is 0 Å². The molecule has 0 bridgehead atoms. The second-order valence-corrected chi connectivity index (χ2v) is 5.02. The van der Waals surface area contributed by atoms with Crippen LogP contribution in [0.2, 0.25) is 0 Å². The molecular weight excluding hydrogens is 248 g/mol. The summed E-state index contributed by atoms with van der Waals surface area (Å²) in [4.78, 5) is 2.21. The Bertz CT molecular complexity index is 379. The molecule has 0 unspecified atom stereocenters. The molecule has 0 aliphatic carbocycles.